The number of carbonyl (C=O) groups is 1. The number of hydrogen-bond donors (Lipinski definition) is 1. The fraction of sp³-hybridized carbons (Fsp3) is 0.241. The fourth-order valence-corrected chi connectivity index (χ4v) is 5.62. The third-order valence-electron chi connectivity index (χ3n) is 6.52. The number of anilines is 1. The lowest BCUT2D eigenvalue weighted by Crippen LogP contribution is -2.30. The lowest BCUT2D eigenvalue weighted by atomic mass is 10.0. The molecule has 39 heavy (non-hydrogen) atoms. The van der Waals surface area contributed by atoms with E-state index in [4.69, 9.17) is 21.7 Å². The largest absolute Gasteiger partial charge is 0.493 e. The van der Waals surface area contributed by atoms with Gasteiger partial charge in [0.15, 0.2) is 11.5 Å². The maximum atomic E-state index is 13.4. The topological polar surface area (TPSA) is 96.6 Å². The number of rotatable bonds is 9. The van der Waals surface area contributed by atoms with Gasteiger partial charge in [-0.1, -0.05) is 60.4 Å². The zero-order chi connectivity index (χ0) is 28.1. The van der Waals surface area contributed by atoms with E-state index in [2.05, 4.69) is 5.32 Å². The second-order valence-electron chi connectivity index (χ2n) is 8.85. The maximum absolute atomic E-state index is 13.4. The van der Waals surface area contributed by atoms with Gasteiger partial charge in [-0.05, 0) is 48.2 Å². The molecule has 1 aliphatic rings. The van der Waals surface area contributed by atoms with Crippen LogP contribution in [0.25, 0.3) is 6.08 Å². The summed E-state index contributed by atoms with van der Waals surface area (Å²) in [5.74, 6) is 1.56. The van der Waals surface area contributed by atoms with E-state index in [1.54, 1.807) is 39.2 Å². The summed E-state index contributed by atoms with van der Waals surface area (Å²) < 4.78 is 12.6. The third-order valence-corrected chi connectivity index (χ3v) is 7.90. The number of pyridine rings is 1. The number of carbonyl (C=O) groups excluding carboxylic acids is 1. The van der Waals surface area contributed by atoms with Crippen molar-refractivity contribution in [3.05, 3.63) is 91.6 Å². The van der Waals surface area contributed by atoms with Gasteiger partial charge in [0.1, 0.15) is 21.8 Å². The summed E-state index contributed by atoms with van der Waals surface area (Å²) in [7, 11) is 4.77. The molecule has 0 atom stereocenters. The number of thiocarbonyl (C=S) groups is 1. The Kier molecular flexibility index (Phi) is 8.74. The van der Waals surface area contributed by atoms with E-state index in [9.17, 15) is 14.9 Å². The smallest absolute Gasteiger partial charge is 0.270 e. The third kappa shape index (κ3) is 5.85. The van der Waals surface area contributed by atoms with E-state index in [0.29, 0.717) is 57.2 Å². The van der Waals surface area contributed by atoms with Gasteiger partial charge in [-0.2, -0.15) is 5.26 Å². The van der Waals surface area contributed by atoms with E-state index in [0.717, 1.165) is 11.1 Å². The Morgan fingerprint density at radius 1 is 1.08 bits per heavy atom. The highest BCUT2D eigenvalue weighted by atomic mass is 32.2. The molecule has 1 aliphatic heterocycles. The van der Waals surface area contributed by atoms with Crippen molar-refractivity contribution in [3.8, 4) is 17.6 Å². The van der Waals surface area contributed by atoms with Gasteiger partial charge >= 0.3 is 0 Å². The minimum Gasteiger partial charge on any atom is -0.493 e. The van der Waals surface area contributed by atoms with Crippen LogP contribution in [-0.4, -0.2) is 40.5 Å². The number of ether oxygens (including phenoxy) is 2. The number of nitriles is 1. The molecule has 4 rings (SSSR count). The molecule has 0 saturated carbocycles. The second-order valence-corrected chi connectivity index (χ2v) is 10.5. The summed E-state index contributed by atoms with van der Waals surface area (Å²) in [6, 6.07) is 17.4. The first-order chi connectivity index (χ1) is 18.8. The lowest BCUT2D eigenvalue weighted by Gasteiger charge is -2.18. The molecule has 2 heterocycles. The van der Waals surface area contributed by atoms with Crippen LogP contribution in [0.2, 0.25) is 0 Å². The monoisotopic (exact) mass is 560 g/mol. The van der Waals surface area contributed by atoms with Crippen LogP contribution >= 0.6 is 24.0 Å². The number of methoxy groups -OCH3 is 2. The SMILES string of the molecule is COc1ccc(CCN2C(=O)/C(=C\c3c(C)c(C#N)c(=O)n(C)c3NCc3ccccc3)SC2=S)cc1OC. The fourth-order valence-electron chi connectivity index (χ4n) is 4.33. The highest BCUT2D eigenvalue weighted by Gasteiger charge is 2.32. The molecule has 1 amide bonds. The predicted molar refractivity (Wildman–Crippen MR) is 158 cm³/mol. The summed E-state index contributed by atoms with van der Waals surface area (Å²) in [5, 5.41) is 13.0. The number of thioether (sulfide) groups is 1. The first-order valence-corrected chi connectivity index (χ1v) is 13.4. The van der Waals surface area contributed by atoms with E-state index in [-0.39, 0.29) is 11.5 Å². The Morgan fingerprint density at radius 2 is 1.79 bits per heavy atom. The molecule has 1 saturated heterocycles. The number of nitrogens with zero attached hydrogens (tertiary/aromatic N) is 3. The Labute approximate surface area is 236 Å². The molecule has 1 aromatic heterocycles. The molecule has 200 valence electrons. The van der Waals surface area contributed by atoms with Crippen molar-refractivity contribution in [3.63, 3.8) is 0 Å². The van der Waals surface area contributed by atoms with Crippen LogP contribution < -0.4 is 20.3 Å². The van der Waals surface area contributed by atoms with Crippen molar-refractivity contribution >= 4 is 46.1 Å². The molecule has 0 unspecified atom stereocenters. The summed E-state index contributed by atoms with van der Waals surface area (Å²) in [5.41, 5.74) is 2.75. The first-order valence-electron chi connectivity index (χ1n) is 12.2. The molecular weight excluding hydrogens is 532 g/mol. The van der Waals surface area contributed by atoms with Crippen molar-refractivity contribution in [1.82, 2.24) is 9.47 Å². The summed E-state index contributed by atoms with van der Waals surface area (Å²) in [6.07, 6.45) is 2.29. The molecule has 8 nitrogen and oxygen atoms in total. The quantitative estimate of drug-likeness (QED) is 0.299. The highest BCUT2D eigenvalue weighted by molar-refractivity contribution is 8.26. The standard InChI is InChI=1S/C29H28N4O4S2/c1-18-21(26(32(2)27(34)22(18)16-30)31-17-20-8-6-5-7-9-20)15-25-28(35)33(29(38)39-25)13-12-19-10-11-23(36-3)24(14-19)37-4/h5-11,14-15,31H,12-13,17H2,1-4H3/b25-15+. The van der Waals surface area contributed by atoms with Crippen LogP contribution in [0.1, 0.15) is 27.8 Å². The van der Waals surface area contributed by atoms with Crippen LogP contribution in [0.5, 0.6) is 11.5 Å². The molecule has 3 aromatic rings. The van der Waals surface area contributed by atoms with Crippen molar-refractivity contribution < 1.29 is 14.3 Å². The van der Waals surface area contributed by atoms with Crippen molar-refractivity contribution in [1.29, 1.82) is 5.26 Å². The van der Waals surface area contributed by atoms with E-state index >= 15 is 0 Å². The van der Waals surface area contributed by atoms with Crippen molar-refractivity contribution in [2.45, 2.75) is 19.9 Å². The predicted octanol–water partition coefficient (Wildman–Crippen LogP) is 4.64. The molecule has 0 radical (unpaired) electrons. The van der Waals surface area contributed by atoms with Gasteiger partial charge in [-0.25, -0.2) is 0 Å². The normalized spacial score (nSPS) is 14.0. The van der Waals surface area contributed by atoms with Gasteiger partial charge in [-0.15, -0.1) is 0 Å². The summed E-state index contributed by atoms with van der Waals surface area (Å²) >= 11 is 6.76. The number of amides is 1. The highest BCUT2D eigenvalue weighted by Crippen LogP contribution is 2.35. The molecule has 1 N–H and O–H groups in total. The van der Waals surface area contributed by atoms with Gasteiger partial charge in [-0.3, -0.25) is 19.1 Å². The van der Waals surface area contributed by atoms with Crippen LogP contribution in [0.15, 0.2) is 58.2 Å². The van der Waals surface area contributed by atoms with Crippen molar-refractivity contribution in [2.24, 2.45) is 7.05 Å². The van der Waals surface area contributed by atoms with Gasteiger partial charge in [0, 0.05) is 25.7 Å². The first kappa shape index (κ1) is 28.0. The minimum absolute atomic E-state index is 0.0398. The second kappa shape index (κ2) is 12.2. The Balaban J connectivity index is 1.63. The molecule has 0 aliphatic carbocycles. The molecule has 0 spiro atoms. The summed E-state index contributed by atoms with van der Waals surface area (Å²) in [6.45, 7) is 2.58. The van der Waals surface area contributed by atoms with Gasteiger partial charge in [0.05, 0.1) is 19.1 Å². The van der Waals surface area contributed by atoms with Crippen LogP contribution in [-0.2, 0) is 24.8 Å². The number of aromatic nitrogens is 1. The summed E-state index contributed by atoms with van der Waals surface area (Å²) in [4.78, 5) is 28.3. The van der Waals surface area contributed by atoms with Crippen LogP contribution in [0.4, 0.5) is 5.82 Å². The van der Waals surface area contributed by atoms with E-state index < -0.39 is 5.56 Å². The Morgan fingerprint density at radius 3 is 2.46 bits per heavy atom. The van der Waals surface area contributed by atoms with Gasteiger partial charge in [0.25, 0.3) is 11.5 Å². The average molecular weight is 561 g/mol. The average Bonchev–Trinajstić information content (AvgIpc) is 3.22. The molecule has 10 heteroatoms. The Bertz CT molecular complexity index is 1560. The maximum Gasteiger partial charge on any atom is 0.270 e. The molecular formula is C29H28N4O4S2. The molecule has 1 fully saturated rings. The van der Waals surface area contributed by atoms with Crippen LogP contribution in [0, 0.1) is 18.3 Å². The zero-order valence-corrected chi connectivity index (χ0v) is 23.7. The lowest BCUT2D eigenvalue weighted by molar-refractivity contribution is -0.122. The van der Waals surface area contributed by atoms with Crippen LogP contribution in [0.3, 0.4) is 0 Å². The van der Waals surface area contributed by atoms with Gasteiger partial charge in [0.2, 0.25) is 0 Å². The number of nitrogens with one attached hydrogen (secondary N) is 1. The van der Waals surface area contributed by atoms with Crippen molar-refractivity contribution in [2.75, 3.05) is 26.1 Å². The van der Waals surface area contributed by atoms with Gasteiger partial charge < -0.3 is 14.8 Å². The molecule has 2 aromatic carbocycles. The Hall–Kier alpha value is -4.07. The number of benzene rings is 2. The zero-order valence-electron chi connectivity index (χ0n) is 22.1. The molecule has 0 bridgehead atoms. The van der Waals surface area contributed by atoms with E-state index in [1.807, 2.05) is 54.6 Å². The minimum atomic E-state index is -0.398. The number of hydrogen-bond acceptors (Lipinski definition) is 8. The van der Waals surface area contributed by atoms with E-state index in [1.165, 1.54) is 16.3 Å².